The van der Waals surface area contributed by atoms with Crippen LogP contribution in [0.15, 0.2) is 23.1 Å². The van der Waals surface area contributed by atoms with Gasteiger partial charge in [-0.05, 0) is 29.9 Å². The highest BCUT2D eigenvalue weighted by Crippen LogP contribution is 2.34. The van der Waals surface area contributed by atoms with Crippen LogP contribution in [0.1, 0.15) is 19.8 Å². The Morgan fingerprint density at radius 1 is 1.28 bits per heavy atom. The Morgan fingerprint density at radius 2 is 2.06 bits per heavy atom. The van der Waals surface area contributed by atoms with Crippen LogP contribution in [-0.2, 0) is 0 Å². The van der Waals surface area contributed by atoms with Crippen molar-refractivity contribution in [3.8, 4) is 11.5 Å². The first kappa shape index (κ1) is 13.9. The summed E-state index contributed by atoms with van der Waals surface area (Å²) in [5.74, 6) is 4.50. The van der Waals surface area contributed by atoms with E-state index < -0.39 is 0 Å². The minimum atomic E-state index is 0.675. The van der Waals surface area contributed by atoms with Crippen molar-refractivity contribution in [2.45, 2.75) is 24.7 Å². The zero-order valence-corrected chi connectivity index (χ0v) is 12.4. The van der Waals surface area contributed by atoms with Crippen LogP contribution in [0, 0.1) is 5.92 Å². The van der Waals surface area contributed by atoms with Gasteiger partial charge in [0.1, 0.15) is 0 Å². The number of benzene rings is 1. The molecule has 18 heavy (non-hydrogen) atoms. The summed E-state index contributed by atoms with van der Waals surface area (Å²) in [4.78, 5) is 1.25. The lowest BCUT2D eigenvalue weighted by Crippen LogP contribution is -2.03. The molecule has 0 bridgehead atoms. The van der Waals surface area contributed by atoms with Gasteiger partial charge in [-0.3, -0.25) is 0 Å². The van der Waals surface area contributed by atoms with Gasteiger partial charge in [0.2, 0.25) is 0 Å². The topological polar surface area (TPSA) is 18.5 Å². The molecule has 1 aliphatic rings. The molecule has 0 aromatic heterocycles. The smallest absolute Gasteiger partial charge is 0.162 e. The van der Waals surface area contributed by atoms with Crippen LogP contribution < -0.4 is 9.47 Å². The Hall–Kier alpha value is -0.480. The van der Waals surface area contributed by atoms with Crippen molar-refractivity contribution in [2.24, 2.45) is 5.92 Å². The van der Waals surface area contributed by atoms with Crippen molar-refractivity contribution in [1.82, 2.24) is 0 Å². The van der Waals surface area contributed by atoms with E-state index in [1.165, 1.54) is 11.3 Å². The second-order valence-electron chi connectivity index (χ2n) is 4.43. The minimum Gasteiger partial charge on any atom is -0.490 e. The van der Waals surface area contributed by atoms with E-state index in [0.717, 1.165) is 42.6 Å². The van der Waals surface area contributed by atoms with Crippen molar-refractivity contribution >= 4 is 24.4 Å². The summed E-state index contributed by atoms with van der Waals surface area (Å²) >= 11 is 6.25. The molecule has 0 saturated carbocycles. The average Bonchev–Trinajstić information content (AvgIpc) is 2.64. The van der Waals surface area contributed by atoms with E-state index >= 15 is 0 Å². The molecule has 1 heterocycles. The molecule has 0 aliphatic carbocycles. The maximum Gasteiger partial charge on any atom is 0.162 e. The van der Waals surface area contributed by atoms with Crippen LogP contribution in [-0.4, -0.2) is 24.7 Å². The lowest BCUT2D eigenvalue weighted by Gasteiger charge is -2.12. The molecular formula is C14H20O2S2. The number of hydrogen-bond acceptors (Lipinski definition) is 4. The Kier molecular flexibility index (Phi) is 5.57. The standard InChI is InChI=1S/C14H20O2S2/c1-2-11(9-17)10-18-12-4-5-13-14(8-12)16-7-3-6-15-13/h4-5,8,11,17H,2-3,6-7,9-10H2,1H3. The average molecular weight is 284 g/mol. The van der Waals surface area contributed by atoms with Crippen LogP contribution in [0.25, 0.3) is 0 Å². The summed E-state index contributed by atoms with van der Waals surface area (Å²) in [6.07, 6.45) is 2.13. The van der Waals surface area contributed by atoms with E-state index in [1.54, 1.807) is 0 Å². The van der Waals surface area contributed by atoms with Gasteiger partial charge in [-0.1, -0.05) is 13.3 Å². The quantitative estimate of drug-likeness (QED) is 0.653. The van der Waals surface area contributed by atoms with E-state index in [2.05, 4.69) is 31.7 Å². The third-order valence-corrected chi connectivity index (χ3v) is 4.78. The molecule has 1 unspecified atom stereocenters. The van der Waals surface area contributed by atoms with Gasteiger partial charge in [0, 0.05) is 17.1 Å². The van der Waals surface area contributed by atoms with Gasteiger partial charge in [-0.25, -0.2) is 0 Å². The molecule has 2 rings (SSSR count). The fourth-order valence-electron chi connectivity index (χ4n) is 1.75. The fraction of sp³-hybridized carbons (Fsp3) is 0.571. The Morgan fingerprint density at radius 3 is 2.78 bits per heavy atom. The van der Waals surface area contributed by atoms with Gasteiger partial charge in [0.25, 0.3) is 0 Å². The first-order valence-electron chi connectivity index (χ1n) is 6.46. The van der Waals surface area contributed by atoms with Crippen LogP contribution in [0.4, 0.5) is 0 Å². The molecule has 0 saturated heterocycles. The van der Waals surface area contributed by atoms with Crippen LogP contribution in [0.2, 0.25) is 0 Å². The molecule has 0 radical (unpaired) electrons. The largest absolute Gasteiger partial charge is 0.490 e. The molecule has 1 aromatic rings. The van der Waals surface area contributed by atoms with Crippen LogP contribution in [0.3, 0.4) is 0 Å². The molecule has 4 heteroatoms. The number of rotatable bonds is 5. The lowest BCUT2D eigenvalue weighted by molar-refractivity contribution is 0.297. The van der Waals surface area contributed by atoms with Gasteiger partial charge in [-0.15, -0.1) is 11.8 Å². The van der Waals surface area contributed by atoms with E-state index in [1.807, 2.05) is 17.8 Å². The summed E-state index contributed by atoms with van der Waals surface area (Å²) in [6.45, 7) is 3.71. The molecule has 2 nitrogen and oxygen atoms in total. The predicted molar refractivity (Wildman–Crippen MR) is 80.4 cm³/mol. The summed E-state index contributed by atoms with van der Waals surface area (Å²) in [5, 5.41) is 0. The van der Waals surface area contributed by atoms with Crippen LogP contribution >= 0.6 is 24.4 Å². The van der Waals surface area contributed by atoms with Gasteiger partial charge < -0.3 is 9.47 Å². The molecule has 0 amide bonds. The zero-order valence-electron chi connectivity index (χ0n) is 10.7. The predicted octanol–water partition coefficient (Wildman–Crippen LogP) is 3.90. The van der Waals surface area contributed by atoms with E-state index in [0.29, 0.717) is 5.92 Å². The van der Waals surface area contributed by atoms with Crippen LogP contribution in [0.5, 0.6) is 11.5 Å². The van der Waals surface area contributed by atoms with Crippen molar-refractivity contribution in [3.05, 3.63) is 18.2 Å². The molecular weight excluding hydrogens is 264 g/mol. The molecule has 0 N–H and O–H groups in total. The van der Waals surface area contributed by atoms with Gasteiger partial charge >= 0.3 is 0 Å². The normalized spacial score (nSPS) is 16.1. The van der Waals surface area contributed by atoms with E-state index in [9.17, 15) is 0 Å². The third-order valence-electron chi connectivity index (χ3n) is 3.04. The number of ether oxygens (including phenoxy) is 2. The fourth-order valence-corrected chi connectivity index (χ4v) is 3.45. The highest BCUT2D eigenvalue weighted by atomic mass is 32.2. The molecule has 1 atom stereocenters. The van der Waals surface area contributed by atoms with Crippen molar-refractivity contribution < 1.29 is 9.47 Å². The first-order chi connectivity index (χ1) is 8.83. The first-order valence-corrected chi connectivity index (χ1v) is 8.08. The summed E-state index contributed by atoms with van der Waals surface area (Å²) < 4.78 is 11.3. The highest BCUT2D eigenvalue weighted by Gasteiger charge is 2.11. The molecule has 100 valence electrons. The molecule has 1 aliphatic heterocycles. The van der Waals surface area contributed by atoms with E-state index in [4.69, 9.17) is 9.47 Å². The Labute approximate surface area is 119 Å². The third kappa shape index (κ3) is 3.75. The number of hydrogen-bond donors (Lipinski definition) is 1. The Bertz CT molecular complexity index is 378. The van der Waals surface area contributed by atoms with Crippen molar-refractivity contribution in [3.63, 3.8) is 0 Å². The number of fused-ring (bicyclic) bond motifs is 1. The minimum absolute atomic E-state index is 0.675. The van der Waals surface area contributed by atoms with Gasteiger partial charge in [0.05, 0.1) is 13.2 Å². The highest BCUT2D eigenvalue weighted by molar-refractivity contribution is 7.99. The van der Waals surface area contributed by atoms with Gasteiger partial charge in [-0.2, -0.15) is 12.6 Å². The summed E-state index contributed by atoms with van der Waals surface area (Å²) in [7, 11) is 0. The second-order valence-corrected chi connectivity index (χ2v) is 5.89. The molecule has 1 aromatic carbocycles. The maximum atomic E-state index is 5.70. The summed E-state index contributed by atoms with van der Waals surface area (Å²) in [5.41, 5.74) is 0. The van der Waals surface area contributed by atoms with Gasteiger partial charge in [0.15, 0.2) is 11.5 Å². The van der Waals surface area contributed by atoms with Crippen molar-refractivity contribution in [1.29, 1.82) is 0 Å². The van der Waals surface area contributed by atoms with Crippen molar-refractivity contribution in [2.75, 3.05) is 24.7 Å². The second kappa shape index (κ2) is 7.19. The van der Waals surface area contributed by atoms with E-state index in [-0.39, 0.29) is 0 Å². The monoisotopic (exact) mass is 284 g/mol. The summed E-state index contributed by atoms with van der Waals surface area (Å²) in [6, 6.07) is 6.23. The maximum absolute atomic E-state index is 5.70. The SMILES string of the molecule is CCC(CS)CSc1ccc2c(c1)OCCCO2. The Balaban J connectivity index is 1.99. The number of thiol groups is 1. The molecule has 0 spiro atoms. The zero-order chi connectivity index (χ0) is 12.8. The number of thioether (sulfide) groups is 1. The molecule has 0 fully saturated rings. The lowest BCUT2D eigenvalue weighted by atomic mass is 10.2.